The number of carbonyl (C=O) groups excluding carboxylic acids is 2. The van der Waals surface area contributed by atoms with Crippen molar-refractivity contribution in [1.82, 2.24) is 0 Å². The van der Waals surface area contributed by atoms with Gasteiger partial charge in [-0.2, -0.15) is 0 Å². The second-order valence-corrected chi connectivity index (χ2v) is 4.50. The SMILES string of the molecule is O=CCCCCOP(=O)([O-])OCCCC=O. The van der Waals surface area contributed by atoms with Crippen LogP contribution in [0.25, 0.3) is 0 Å². The first-order chi connectivity index (χ1) is 7.62. The molecule has 0 N–H and O–H groups in total. The second-order valence-electron chi connectivity index (χ2n) is 3.09. The fourth-order valence-electron chi connectivity index (χ4n) is 0.886. The lowest BCUT2D eigenvalue weighted by Gasteiger charge is -2.22. The molecule has 94 valence electrons. The van der Waals surface area contributed by atoms with Crippen molar-refractivity contribution in [3.63, 3.8) is 0 Å². The summed E-state index contributed by atoms with van der Waals surface area (Å²) in [5.74, 6) is 0. The quantitative estimate of drug-likeness (QED) is 0.307. The molecule has 1 unspecified atom stereocenters. The molecule has 0 rings (SSSR count). The molecule has 0 spiro atoms. The fourth-order valence-corrected chi connectivity index (χ4v) is 1.67. The molecule has 0 radical (unpaired) electrons. The Hall–Kier alpha value is -0.550. The molecule has 1 atom stereocenters. The third-order valence-corrected chi connectivity index (χ3v) is 2.68. The minimum Gasteiger partial charge on any atom is -0.756 e. The Balaban J connectivity index is 3.49. The van der Waals surface area contributed by atoms with Gasteiger partial charge < -0.3 is 23.5 Å². The van der Waals surface area contributed by atoms with Gasteiger partial charge in [0.2, 0.25) is 0 Å². The highest BCUT2D eigenvalue weighted by Gasteiger charge is 2.08. The highest BCUT2D eigenvalue weighted by molar-refractivity contribution is 7.45. The van der Waals surface area contributed by atoms with Crippen LogP contribution < -0.4 is 4.89 Å². The lowest BCUT2D eigenvalue weighted by atomic mass is 10.3. The van der Waals surface area contributed by atoms with E-state index in [1.54, 1.807) is 0 Å². The Morgan fingerprint density at radius 1 is 0.938 bits per heavy atom. The van der Waals surface area contributed by atoms with Crippen LogP contribution in [-0.4, -0.2) is 25.8 Å². The highest BCUT2D eigenvalue weighted by Crippen LogP contribution is 2.38. The van der Waals surface area contributed by atoms with Crippen molar-refractivity contribution in [2.45, 2.75) is 32.1 Å². The molecule has 0 amide bonds. The molecule has 0 aromatic rings. The van der Waals surface area contributed by atoms with Crippen LogP contribution in [0, 0.1) is 0 Å². The van der Waals surface area contributed by atoms with Gasteiger partial charge in [0.1, 0.15) is 12.6 Å². The number of phosphoric acid groups is 1. The Bertz CT molecular complexity index is 242. The van der Waals surface area contributed by atoms with Crippen molar-refractivity contribution < 1.29 is 28.1 Å². The number of aldehydes is 2. The largest absolute Gasteiger partial charge is 0.756 e. The molecule has 16 heavy (non-hydrogen) atoms. The minimum atomic E-state index is -4.24. The van der Waals surface area contributed by atoms with Crippen molar-refractivity contribution in [2.24, 2.45) is 0 Å². The summed E-state index contributed by atoms with van der Waals surface area (Å²) in [5.41, 5.74) is 0. The Kier molecular flexibility index (Phi) is 9.33. The summed E-state index contributed by atoms with van der Waals surface area (Å²) in [6.07, 6.45) is 3.56. The summed E-state index contributed by atoms with van der Waals surface area (Å²) in [4.78, 5) is 30.9. The summed E-state index contributed by atoms with van der Waals surface area (Å²) >= 11 is 0. The number of rotatable bonds is 11. The molecule has 7 heteroatoms. The molecule has 0 aliphatic heterocycles. The molecule has 0 aliphatic carbocycles. The van der Waals surface area contributed by atoms with E-state index in [2.05, 4.69) is 9.05 Å². The maximum atomic E-state index is 11.1. The number of hydrogen-bond donors (Lipinski definition) is 0. The number of phosphoric ester groups is 1. The van der Waals surface area contributed by atoms with Crippen LogP contribution in [-0.2, 0) is 23.2 Å². The van der Waals surface area contributed by atoms with E-state index >= 15 is 0 Å². The van der Waals surface area contributed by atoms with E-state index in [0.717, 1.165) is 6.29 Å². The summed E-state index contributed by atoms with van der Waals surface area (Å²) in [6, 6.07) is 0. The van der Waals surface area contributed by atoms with E-state index < -0.39 is 7.82 Å². The fraction of sp³-hybridized carbons (Fsp3) is 0.778. The van der Waals surface area contributed by atoms with E-state index in [0.29, 0.717) is 32.0 Å². The standard InChI is InChI=1S/C9H17O6P/c10-6-2-1-4-8-14-16(12,13)15-9-5-3-7-11/h6-7H,1-5,8-9H2,(H,12,13)/p-1. The average Bonchev–Trinajstić information content (AvgIpc) is 2.24. The first kappa shape index (κ1) is 15.4. The zero-order chi connectivity index (χ0) is 12.3. The lowest BCUT2D eigenvalue weighted by molar-refractivity contribution is -0.225. The average molecular weight is 251 g/mol. The normalized spacial score (nSPS) is 14.3. The highest BCUT2D eigenvalue weighted by atomic mass is 31.2. The summed E-state index contributed by atoms with van der Waals surface area (Å²) < 4.78 is 20.1. The third-order valence-electron chi connectivity index (χ3n) is 1.68. The van der Waals surface area contributed by atoms with Gasteiger partial charge in [0.25, 0.3) is 7.82 Å². The van der Waals surface area contributed by atoms with Gasteiger partial charge in [-0.3, -0.25) is 4.57 Å². The molecular formula is C9H16O6P-. The van der Waals surface area contributed by atoms with Crippen LogP contribution in [0.5, 0.6) is 0 Å². The van der Waals surface area contributed by atoms with Gasteiger partial charge in [-0.1, -0.05) is 0 Å². The van der Waals surface area contributed by atoms with Crippen molar-refractivity contribution in [2.75, 3.05) is 13.2 Å². The van der Waals surface area contributed by atoms with Gasteiger partial charge in [-0.15, -0.1) is 0 Å². The minimum absolute atomic E-state index is 0.0162. The van der Waals surface area contributed by atoms with Crippen molar-refractivity contribution in [3.8, 4) is 0 Å². The number of carbonyl (C=O) groups is 2. The zero-order valence-corrected chi connectivity index (χ0v) is 9.90. The summed E-state index contributed by atoms with van der Waals surface area (Å²) in [7, 11) is -4.24. The monoisotopic (exact) mass is 251 g/mol. The van der Waals surface area contributed by atoms with Gasteiger partial charge in [-0.05, 0) is 19.3 Å². The van der Waals surface area contributed by atoms with Crippen LogP contribution in [0.15, 0.2) is 0 Å². The van der Waals surface area contributed by atoms with Gasteiger partial charge in [0.05, 0.1) is 13.2 Å². The molecular weight excluding hydrogens is 235 g/mol. The predicted octanol–water partition coefficient (Wildman–Crippen LogP) is 0.836. The van der Waals surface area contributed by atoms with E-state index in [1.165, 1.54) is 0 Å². The van der Waals surface area contributed by atoms with Crippen LogP contribution in [0.2, 0.25) is 0 Å². The van der Waals surface area contributed by atoms with Crippen LogP contribution >= 0.6 is 7.82 Å². The van der Waals surface area contributed by atoms with Crippen LogP contribution in [0.1, 0.15) is 32.1 Å². The molecule has 6 nitrogen and oxygen atoms in total. The molecule has 0 aromatic carbocycles. The topological polar surface area (TPSA) is 92.7 Å². The Morgan fingerprint density at radius 2 is 1.44 bits per heavy atom. The van der Waals surface area contributed by atoms with Gasteiger partial charge in [-0.25, -0.2) is 0 Å². The van der Waals surface area contributed by atoms with Gasteiger partial charge >= 0.3 is 0 Å². The maximum absolute atomic E-state index is 11.1. The number of hydrogen-bond acceptors (Lipinski definition) is 6. The van der Waals surface area contributed by atoms with Crippen LogP contribution in [0.4, 0.5) is 0 Å². The van der Waals surface area contributed by atoms with Gasteiger partial charge in [0, 0.05) is 12.8 Å². The predicted molar refractivity (Wildman–Crippen MR) is 54.7 cm³/mol. The number of unbranched alkanes of at least 4 members (excludes halogenated alkanes) is 3. The van der Waals surface area contributed by atoms with Crippen molar-refractivity contribution in [3.05, 3.63) is 0 Å². The van der Waals surface area contributed by atoms with Crippen LogP contribution in [0.3, 0.4) is 0 Å². The van der Waals surface area contributed by atoms with E-state index in [-0.39, 0.29) is 19.6 Å². The van der Waals surface area contributed by atoms with Crippen molar-refractivity contribution in [1.29, 1.82) is 0 Å². The molecule has 0 saturated carbocycles. The summed E-state index contributed by atoms with van der Waals surface area (Å²) in [5, 5.41) is 0. The van der Waals surface area contributed by atoms with Crippen molar-refractivity contribution >= 4 is 20.4 Å². The smallest absolute Gasteiger partial charge is 0.267 e. The van der Waals surface area contributed by atoms with E-state index in [4.69, 9.17) is 0 Å². The Morgan fingerprint density at radius 3 is 2.00 bits per heavy atom. The maximum Gasteiger partial charge on any atom is 0.267 e. The molecule has 0 aromatic heterocycles. The first-order valence-electron chi connectivity index (χ1n) is 5.10. The lowest BCUT2D eigenvalue weighted by Crippen LogP contribution is -2.10. The molecule has 0 aliphatic rings. The molecule has 0 heterocycles. The second kappa shape index (κ2) is 9.66. The van der Waals surface area contributed by atoms with Gasteiger partial charge in [0.15, 0.2) is 0 Å². The van der Waals surface area contributed by atoms with E-state index in [9.17, 15) is 19.0 Å². The Labute approximate surface area is 94.6 Å². The van der Waals surface area contributed by atoms with E-state index in [1.807, 2.05) is 0 Å². The first-order valence-corrected chi connectivity index (χ1v) is 6.56. The third kappa shape index (κ3) is 9.98. The summed E-state index contributed by atoms with van der Waals surface area (Å²) in [6.45, 7) is -0.0316. The zero-order valence-electron chi connectivity index (χ0n) is 9.00. The molecule has 0 fully saturated rings. The molecule has 0 bridgehead atoms. The molecule has 0 saturated heterocycles.